The second-order valence-electron chi connectivity index (χ2n) is 4.83. The van der Waals surface area contributed by atoms with Gasteiger partial charge in [-0.05, 0) is 32.0 Å². The number of hydrogen-bond donors (Lipinski definition) is 1. The average molecular weight is 295 g/mol. The molecule has 0 bridgehead atoms. The lowest BCUT2D eigenvalue weighted by molar-refractivity contribution is 0.400. The van der Waals surface area contributed by atoms with Crippen molar-refractivity contribution < 1.29 is 13.4 Å². The Hall–Kier alpha value is -1.33. The first kappa shape index (κ1) is 15.1. The maximum absolute atomic E-state index is 11.0. The molecule has 20 heavy (non-hydrogen) atoms. The molecule has 5 heteroatoms. The van der Waals surface area contributed by atoms with Crippen LogP contribution in [-0.2, 0) is 10.8 Å². The van der Waals surface area contributed by atoms with Gasteiger partial charge in [-0.1, -0.05) is 12.1 Å². The maximum Gasteiger partial charge on any atom is 0.176 e. The van der Waals surface area contributed by atoms with E-state index in [0.29, 0.717) is 0 Å². The number of nitrogens with one attached hydrogen (secondary N) is 1. The highest BCUT2D eigenvalue weighted by atomic mass is 32.2. The van der Waals surface area contributed by atoms with Crippen LogP contribution < -0.4 is 10.1 Å². The van der Waals surface area contributed by atoms with E-state index in [-0.39, 0.29) is 6.04 Å². The number of ether oxygens (including phenoxy) is 1. The number of fused-ring (bicyclic) bond motifs is 1. The summed E-state index contributed by atoms with van der Waals surface area (Å²) in [6.45, 7) is 2.89. The molecule has 0 saturated heterocycles. The summed E-state index contributed by atoms with van der Waals surface area (Å²) in [7, 11) is 0.921. The molecule has 2 unspecified atom stereocenters. The number of hydrogen-bond acceptors (Lipinski definition) is 4. The molecule has 1 heterocycles. The summed E-state index contributed by atoms with van der Waals surface area (Å²) in [5.74, 6) is 2.37. The first-order valence-electron chi connectivity index (χ1n) is 6.71. The van der Waals surface area contributed by atoms with Crippen LogP contribution in [0.2, 0.25) is 0 Å². The molecule has 0 fully saturated rings. The number of furan rings is 1. The summed E-state index contributed by atoms with van der Waals surface area (Å²) < 4.78 is 22.2. The normalized spacial score (nSPS) is 14.3. The van der Waals surface area contributed by atoms with Crippen molar-refractivity contribution in [2.45, 2.75) is 19.4 Å². The van der Waals surface area contributed by atoms with Crippen LogP contribution in [0.5, 0.6) is 5.75 Å². The van der Waals surface area contributed by atoms with E-state index in [2.05, 4.69) is 12.2 Å². The summed E-state index contributed by atoms with van der Waals surface area (Å²) in [6.07, 6.45) is 2.63. The van der Waals surface area contributed by atoms with E-state index in [1.54, 1.807) is 13.4 Å². The summed E-state index contributed by atoms with van der Waals surface area (Å²) in [6, 6.07) is 8.02. The van der Waals surface area contributed by atoms with Crippen molar-refractivity contribution in [1.82, 2.24) is 5.32 Å². The third-order valence-electron chi connectivity index (χ3n) is 3.23. The Labute approximate surface area is 121 Å². The number of benzene rings is 1. The van der Waals surface area contributed by atoms with Gasteiger partial charge in [0, 0.05) is 28.2 Å². The molecule has 0 spiro atoms. The Morgan fingerprint density at radius 1 is 1.45 bits per heavy atom. The number of rotatable bonds is 7. The van der Waals surface area contributed by atoms with Crippen LogP contribution in [0.4, 0.5) is 0 Å². The standard InChI is InChI=1S/C15H21NO3S/c1-11(16-8-5-9-20(3)17)14-10-12-6-4-7-13(18-2)15(12)19-14/h4,6-7,10-11,16H,5,8-9H2,1-3H3. The molecule has 110 valence electrons. The molecule has 1 aromatic heterocycles. The van der Waals surface area contributed by atoms with Crippen molar-refractivity contribution in [3.63, 3.8) is 0 Å². The van der Waals surface area contributed by atoms with E-state index in [1.807, 2.05) is 24.3 Å². The van der Waals surface area contributed by atoms with Crippen molar-refractivity contribution >= 4 is 21.8 Å². The van der Waals surface area contributed by atoms with Crippen LogP contribution in [0.1, 0.15) is 25.1 Å². The Kier molecular flexibility index (Phi) is 5.20. The minimum Gasteiger partial charge on any atom is -0.493 e. The highest BCUT2D eigenvalue weighted by molar-refractivity contribution is 7.84. The zero-order chi connectivity index (χ0) is 14.5. The molecule has 2 atom stereocenters. The van der Waals surface area contributed by atoms with E-state index in [1.165, 1.54) is 0 Å². The highest BCUT2D eigenvalue weighted by Crippen LogP contribution is 2.30. The summed E-state index contributed by atoms with van der Waals surface area (Å²) in [5, 5.41) is 4.43. The second kappa shape index (κ2) is 6.90. The molecule has 2 rings (SSSR count). The minimum atomic E-state index is -0.721. The fourth-order valence-electron chi connectivity index (χ4n) is 2.12. The van der Waals surface area contributed by atoms with Crippen molar-refractivity contribution in [2.24, 2.45) is 0 Å². The first-order valence-corrected chi connectivity index (χ1v) is 8.44. The fourth-order valence-corrected chi connectivity index (χ4v) is 2.68. The average Bonchev–Trinajstić information content (AvgIpc) is 2.87. The summed E-state index contributed by atoms with van der Waals surface area (Å²) >= 11 is 0. The van der Waals surface area contributed by atoms with Gasteiger partial charge in [-0.15, -0.1) is 0 Å². The smallest absolute Gasteiger partial charge is 0.176 e. The monoisotopic (exact) mass is 295 g/mol. The van der Waals surface area contributed by atoms with Crippen molar-refractivity contribution in [2.75, 3.05) is 25.7 Å². The SMILES string of the molecule is COc1cccc2cc(C(C)NCCCS(C)=O)oc12. The zero-order valence-corrected chi connectivity index (χ0v) is 13.0. The van der Waals surface area contributed by atoms with Gasteiger partial charge in [0.2, 0.25) is 0 Å². The zero-order valence-electron chi connectivity index (χ0n) is 12.1. The van der Waals surface area contributed by atoms with Gasteiger partial charge in [-0.2, -0.15) is 0 Å². The summed E-state index contributed by atoms with van der Waals surface area (Å²) in [4.78, 5) is 0. The molecule has 0 aliphatic rings. The largest absolute Gasteiger partial charge is 0.493 e. The van der Waals surface area contributed by atoms with Crippen LogP contribution in [0, 0.1) is 0 Å². The van der Waals surface area contributed by atoms with Gasteiger partial charge in [0.05, 0.1) is 13.2 Å². The lowest BCUT2D eigenvalue weighted by Gasteiger charge is -2.10. The second-order valence-corrected chi connectivity index (χ2v) is 6.39. The van der Waals surface area contributed by atoms with Crippen molar-refractivity contribution in [1.29, 1.82) is 0 Å². The number of para-hydroxylation sites is 1. The number of methoxy groups -OCH3 is 1. The van der Waals surface area contributed by atoms with Gasteiger partial charge >= 0.3 is 0 Å². The quantitative estimate of drug-likeness (QED) is 0.798. The molecule has 0 radical (unpaired) electrons. The van der Waals surface area contributed by atoms with Crippen molar-refractivity contribution in [3.8, 4) is 5.75 Å². The third kappa shape index (κ3) is 3.61. The van der Waals surface area contributed by atoms with E-state index < -0.39 is 10.8 Å². The van der Waals surface area contributed by atoms with E-state index >= 15 is 0 Å². The van der Waals surface area contributed by atoms with Gasteiger partial charge in [-0.3, -0.25) is 4.21 Å². The molecule has 0 saturated carbocycles. The molecular formula is C15H21NO3S. The molecule has 2 aromatic rings. The summed E-state index contributed by atoms with van der Waals surface area (Å²) in [5.41, 5.74) is 0.785. The fraction of sp³-hybridized carbons (Fsp3) is 0.467. The molecule has 0 amide bonds. The Balaban J connectivity index is 2.03. The molecule has 0 aliphatic heterocycles. The Bertz CT molecular complexity index is 594. The van der Waals surface area contributed by atoms with Crippen molar-refractivity contribution in [3.05, 3.63) is 30.0 Å². The van der Waals surface area contributed by atoms with Crippen LogP contribution in [0.15, 0.2) is 28.7 Å². The van der Waals surface area contributed by atoms with Crippen LogP contribution >= 0.6 is 0 Å². The predicted octanol–water partition coefficient (Wildman–Crippen LogP) is 2.86. The van der Waals surface area contributed by atoms with Gasteiger partial charge < -0.3 is 14.5 Å². The highest BCUT2D eigenvalue weighted by Gasteiger charge is 2.13. The van der Waals surface area contributed by atoms with E-state index in [4.69, 9.17) is 9.15 Å². The maximum atomic E-state index is 11.0. The molecule has 1 N–H and O–H groups in total. The van der Waals surface area contributed by atoms with E-state index in [0.717, 1.165) is 41.2 Å². The van der Waals surface area contributed by atoms with Gasteiger partial charge in [0.25, 0.3) is 0 Å². The van der Waals surface area contributed by atoms with Gasteiger partial charge in [0.15, 0.2) is 11.3 Å². The lowest BCUT2D eigenvalue weighted by atomic mass is 10.2. The third-order valence-corrected chi connectivity index (χ3v) is 4.10. The van der Waals surface area contributed by atoms with Gasteiger partial charge in [0.1, 0.15) is 5.76 Å². The first-order chi connectivity index (χ1) is 9.61. The van der Waals surface area contributed by atoms with Crippen LogP contribution in [0.25, 0.3) is 11.0 Å². The predicted molar refractivity (Wildman–Crippen MR) is 82.7 cm³/mol. The molecule has 0 aliphatic carbocycles. The molecule has 4 nitrogen and oxygen atoms in total. The molecular weight excluding hydrogens is 274 g/mol. The lowest BCUT2D eigenvalue weighted by Crippen LogP contribution is -2.20. The van der Waals surface area contributed by atoms with E-state index in [9.17, 15) is 4.21 Å². The van der Waals surface area contributed by atoms with Gasteiger partial charge in [-0.25, -0.2) is 0 Å². The Morgan fingerprint density at radius 3 is 2.95 bits per heavy atom. The molecule has 1 aromatic carbocycles. The van der Waals surface area contributed by atoms with Crippen LogP contribution in [0.3, 0.4) is 0 Å². The van der Waals surface area contributed by atoms with Crippen LogP contribution in [-0.4, -0.2) is 29.9 Å². The minimum absolute atomic E-state index is 0.123. The Morgan fingerprint density at radius 2 is 2.25 bits per heavy atom. The topological polar surface area (TPSA) is 51.5 Å².